The number of rotatable bonds is 6. The first-order chi connectivity index (χ1) is 10.1. The molecule has 1 aromatic carbocycles. The third-order valence-electron chi connectivity index (χ3n) is 3.03. The molecule has 0 radical (unpaired) electrons. The molecule has 0 spiro atoms. The van der Waals surface area contributed by atoms with Crippen molar-refractivity contribution in [2.24, 2.45) is 0 Å². The van der Waals surface area contributed by atoms with Crippen molar-refractivity contribution in [3.8, 4) is 0 Å². The van der Waals surface area contributed by atoms with Gasteiger partial charge in [-0.05, 0) is 0 Å². The normalized spacial score (nSPS) is 21.0. The maximum absolute atomic E-state index is 12.1. The molecule has 2 rings (SSSR count). The Labute approximate surface area is 144 Å². The molecule has 21 heavy (non-hydrogen) atoms. The van der Waals surface area contributed by atoms with Gasteiger partial charge in [0.15, 0.2) is 0 Å². The number of Topliss-reactive ketones (excluding diaryl/α,β-unsaturated/α-hetero) is 2. The van der Waals surface area contributed by atoms with Crippen molar-refractivity contribution in [2.75, 3.05) is 0 Å². The zero-order valence-electron chi connectivity index (χ0n) is 11.2. The molecule has 0 N–H and O–H groups in total. The third-order valence-corrected chi connectivity index (χ3v) is 6.73. The van der Waals surface area contributed by atoms with Crippen LogP contribution in [-0.2, 0) is 4.79 Å². The van der Waals surface area contributed by atoms with E-state index in [9.17, 15) is 9.59 Å². The van der Waals surface area contributed by atoms with Crippen LogP contribution in [0.2, 0.25) is 8.94 Å². The van der Waals surface area contributed by atoms with E-state index in [1.165, 1.54) is 0 Å². The van der Waals surface area contributed by atoms with Crippen molar-refractivity contribution in [1.29, 1.82) is 0 Å². The molecule has 0 saturated carbocycles. The van der Waals surface area contributed by atoms with E-state index in [-0.39, 0.29) is 16.9 Å². The van der Waals surface area contributed by atoms with Crippen LogP contribution < -0.4 is 0 Å². The Morgan fingerprint density at radius 2 is 1.71 bits per heavy atom. The molecule has 1 aliphatic rings. The van der Waals surface area contributed by atoms with Crippen LogP contribution in [0.1, 0.15) is 10.4 Å². The van der Waals surface area contributed by atoms with E-state index in [1.54, 1.807) is 30.4 Å². The Hall–Kier alpha value is -0.590. The van der Waals surface area contributed by atoms with Crippen LogP contribution in [0.5, 0.6) is 0 Å². The van der Waals surface area contributed by atoms with Gasteiger partial charge in [-0.3, -0.25) is 0 Å². The van der Waals surface area contributed by atoms with Crippen LogP contribution in [0, 0.1) is 0 Å². The van der Waals surface area contributed by atoms with Crippen molar-refractivity contribution < 1.29 is 9.59 Å². The second-order valence-electron chi connectivity index (χ2n) is 4.56. The standard InChI is InChI=1S/C16H14Cl2O2Te/c17-13-8-4-7-12(16(13)18)15(20)10-21-9-14(19)11-5-2-1-3-6-11/h1-8,13,16H,9-10H2. The minimum absolute atomic E-state index is 0.0215. The van der Waals surface area contributed by atoms with E-state index in [0.717, 1.165) is 0 Å². The number of allylic oxidation sites excluding steroid dienone is 4. The Kier molecular flexibility index (Phi) is 6.51. The Morgan fingerprint density at radius 3 is 2.43 bits per heavy atom. The van der Waals surface area contributed by atoms with Gasteiger partial charge in [-0.2, -0.15) is 0 Å². The minimum atomic E-state index is -0.695. The second kappa shape index (κ2) is 8.15. The third kappa shape index (κ3) is 4.69. The van der Waals surface area contributed by atoms with E-state index in [4.69, 9.17) is 23.2 Å². The van der Waals surface area contributed by atoms with Gasteiger partial charge in [-0.25, -0.2) is 0 Å². The van der Waals surface area contributed by atoms with Crippen LogP contribution in [0.3, 0.4) is 0 Å². The topological polar surface area (TPSA) is 34.1 Å². The van der Waals surface area contributed by atoms with Gasteiger partial charge < -0.3 is 0 Å². The van der Waals surface area contributed by atoms with Crippen molar-refractivity contribution in [2.45, 2.75) is 19.7 Å². The quantitative estimate of drug-likeness (QED) is 0.387. The monoisotopic (exact) mass is 438 g/mol. The summed E-state index contributed by atoms with van der Waals surface area (Å²) in [5.41, 5.74) is 1.28. The van der Waals surface area contributed by atoms with Crippen LogP contribution >= 0.6 is 23.2 Å². The van der Waals surface area contributed by atoms with Crippen LogP contribution in [0.25, 0.3) is 0 Å². The Morgan fingerprint density at radius 1 is 1.05 bits per heavy atom. The molecule has 1 aliphatic carbocycles. The van der Waals surface area contributed by atoms with E-state index in [2.05, 4.69) is 0 Å². The first-order valence-electron chi connectivity index (χ1n) is 6.45. The molecular formula is C16H14Cl2O2Te. The van der Waals surface area contributed by atoms with Crippen molar-refractivity contribution in [3.63, 3.8) is 0 Å². The molecular weight excluding hydrogens is 423 g/mol. The summed E-state index contributed by atoms with van der Waals surface area (Å²) in [6.45, 7) is 0. The number of alkyl halides is 2. The summed E-state index contributed by atoms with van der Waals surface area (Å²) in [4.78, 5) is 24.1. The zero-order chi connectivity index (χ0) is 15.2. The fraction of sp³-hybridized carbons (Fsp3) is 0.250. The fourth-order valence-electron chi connectivity index (χ4n) is 1.90. The Balaban J connectivity index is 1.84. The van der Waals surface area contributed by atoms with Crippen LogP contribution in [0.4, 0.5) is 0 Å². The average molecular weight is 437 g/mol. The molecule has 0 heterocycles. The van der Waals surface area contributed by atoms with Crippen molar-refractivity contribution in [3.05, 3.63) is 59.7 Å². The van der Waals surface area contributed by atoms with Crippen LogP contribution in [0.15, 0.2) is 54.1 Å². The first-order valence-corrected chi connectivity index (χ1v) is 10.6. The predicted molar refractivity (Wildman–Crippen MR) is 87.7 cm³/mol. The van der Waals surface area contributed by atoms with Gasteiger partial charge in [-0.1, -0.05) is 0 Å². The van der Waals surface area contributed by atoms with E-state index in [1.807, 2.05) is 18.2 Å². The predicted octanol–water partition coefficient (Wildman–Crippen LogP) is 3.69. The summed E-state index contributed by atoms with van der Waals surface area (Å²) in [5, 5.41) is -0.816. The van der Waals surface area contributed by atoms with Crippen LogP contribution in [-0.4, -0.2) is 43.2 Å². The molecule has 2 nitrogen and oxygen atoms in total. The number of halogens is 2. The molecule has 1 aromatic rings. The van der Waals surface area contributed by atoms with Gasteiger partial charge in [-0.15, -0.1) is 0 Å². The zero-order valence-corrected chi connectivity index (χ0v) is 15.0. The summed E-state index contributed by atoms with van der Waals surface area (Å²) >= 11 is 11.5. The summed E-state index contributed by atoms with van der Waals surface area (Å²) in [6.07, 6.45) is 5.26. The number of ketones is 2. The number of hydrogen-bond donors (Lipinski definition) is 0. The van der Waals surface area contributed by atoms with Gasteiger partial charge in [0.2, 0.25) is 0 Å². The maximum atomic E-state index is 12.1. The van der Waals surface area contributed by atoms with Crippen molar-refractivity contribution >= 4 is 55.7 Å². The summed E-state index contributed by atoms with van der Waals surface area (Å²) in [7, 11) is 0. The molecule has 0 aromatic heterocycles. The number of carbonyl (C=O) groups excluding carboxylic acids is 2. The van der Waals surface area contributed by atoms with E-state index in [0.29, 0.717) is 20.1 Å². The van der Waals surface area contributed by atoms with Gasteiger partial charge in [0.1, 0.15) is 0 Å². The SMILES string of the molecule is O=C(C[Te]CC(=O)c1ccccc1)C1=CC=CC(Cl)C1Cl. The van der Waals surface area contributed by atoms with E-state index < -0.39 is 26.3 Å². The van der Waals surface area contributed by atoms with Gasteiger partial charge >= 0.3 is 145 Å². The molecule has 0 saturated heterocycles. The molecule has 0 amide bonds. The molecule has 0 aliphatic heterocycles. The Bertz CT molecular complexity index is 581. The van der Waals surface area contributed by atoms with Gasteiger partial charge in [0.05, 0.1) is 0 Å². The number of benzene rings is 1. The van der Waals surface area contributed by atoms with Crippen molar-refractivity contribution in [1.82, 2.24) is 0 Å². The summed E-state index contributed by atoms with van der Waals surface area (Å²) in [5.74, 6) is 0.134. The fourth-order valence-corrected chi connectivity index (χ4v) is 4.70. The average Bonchev–Trinajstić information content (AvgIpc) is 2.50. The van der Waals surface area contributed by atoms with Gasteiger partial charge in [0, 0.05) is 0 Å². The van der Waals surface area contributed by atoms with Gasteiger partial charge in [0.25, 0.3) is 0 Å². The summed E-state index contributed by atoms with van der Waals surface area (Å²) in [6, 6.07) is 9.17. The number of hydrogen-bond acceptors (Lipinski definition) is 2. The molecule has 2 atom stereocenters. The van der Waals surface area contributed by atoms with E-state index >= 15 is 0 Å². The molecule has 2 unspecified atom stereocenters. The molecule has 110 valence electrons. The number of carbonyl (C=O) groups is 2. The summed E-state index contributed by atoms with van der Waals surface area (Å²) < 4.78 is 0.928. The first kappa shape index (κ1) is 16.8. The molecule has 0 fully saturated rings. The molecule has 0 bridgehead atoms. The second-order valence-corrected chi connectivity index (χ2v) is 8.35. The molecule has 5 heteroatoms.